The summed E-state index contributed by atoms with van der Waals surface area (Å²) in [5.74, 6) is -0.388. The van der Waals surface area contributed by atoms with Crippen molar-refractivity contribution in [3.05, 3.63) is 47.8 Å². The third-order valence-corrected chi connectivity index (χ3v) is 5.73. The van der Waals surface area contributed by atoms with E-state index in [1.807, 2.05) is 17.0 Å². The summed E-state index contributed by atoms with van der Waals surface area (Å²) >= 11 is 1.25. The fourth-order valence-corrected chi connectivity index (χ4v) is 4.34. The molecule has 1 aromatic heterocycles. The first-order valence-corrected chi connectivity index (χ1v) is 9.65. The molecule has 2 heterocycles. The first-order valence-electron chi connectivity index (χ1n) is 8.83. The van der Waals surface area contributed by atoms with Crippen LogP contribution < -0.4 is 5.73 Å². The Balaban J connectivity index is 1.70. The summed E-state index contributed by atoms with van der Waals surface area (Å²) in [7, 11) is 1.67. The van der Waals surface area contributed by atoms with Gasteiger partial charge in [-0.25, -0.2) is 9.37 Å². The van der Waals surface area contributed by atoms with Gasteiger partial charge < -0.3 is 15.4 Å². The van der Waals surface area contributed by atoms with Gasteiger partial charge in [0, 0.05) is 31.3 Å². The summed E-state index contributed by atoms with van der Waals surface area (Å²) < 4.78 is 20.2. The summed E-state index contributed by atoms with van der Waals surface area (Å²) in [5.41, 5.74) is 8.42. The SMILES string of the molecule is CO[C@@H]1CCCN(C(=O)c2cccc(-c3cc(F)cc4sc(N)nc34)c2)C1. The quantitative estimate of drug-likeness (QED) is 0.742. The minimum atomic E-state index is -0.350. The molecule has 0 unspecified atom stereocenters. The van der Waals surface area contributed by atoms with Crippen molar-refractivity contribution in [2.24, 2.45) is 0 Å². The Labute approximate surface area is 160 Å². The molecular weight excluding hydrogens is 365 g/mol. The summed E-state index contributed by atoms with van der Waals surface area (Å²) in [6, 6.07) is 10.1. The second-order valence-corrected chi connectivity index (χ2v) is 7.75. The molecule has 2 N–H and O–H groups in total. The van der Waals surface area contributed by atoms with Crippen molar-refractivity contribution in [1.82, 2.24) is 9.88 Å². The number of amides is 1. The largest absolute Gasteiger partial charge is 0.380 e. The maximum Gasteiger partial charge on any atom is 0.253 e. The van der Waals surface area contributed by atoms with Gasteiger partial charge in [-0.05, 0) is 42.7 Å². The van der Waals surface area contributed by atoms with Crippen LogP contribution in [-0.2, 0) is 4.74 Å². The van der Waals surface area contributed by atoms with Gasteiger partial charge in [-0.15, -0.1) is 0 Å². The molecule has 1 amide bonds. The standard InChI is InChI=1S/C20H20FN3O2S/c1-26-15-6-3-7-24(11-15)19(25)13-5-2-4-12(8-13)16-9-14(21)10-17-18(16)23-20(22)27-17/h2,4-5,8-10,15H,3,6-7,11H2,1H3,(H2,22,23)/t15-/m1/s1. The van der Waals surface area contributed by atoms with Crippen molar-refractivity contribution < 1.29 is 13.9 Å². The van der Waals surface area contributed by atoms with Gasteiger partial charge in [0.15, 0.2) is 5.13 Å². The number of hydrogen-bond donors (Lipinski definition) is 1. The molecule has 5 nitrogen and oxygen atoms in total. The number of rotatable bonds is 3. The summed E-state index contributed by atoms with van der Waals surface area (Å²) in [5, 5.41) is 0.392. The zero-order valence-electron chi connectivity index (χ0n) is 14.9. The molecule has 2 aromatic carbocycles. The Kier molecular flexibility index (Phi) is 4.80. The zero-order chi connectivity index (χ0) is 19.0. The van der Waals surface area contributed by atoms with Crippen LogP contribution in [0.3, 0.4) is 0 Å². The average Bonchev–Trinajstić information content (AvgIpc) is 3.06. The van der Waals surface area contributed by atoms with Gasteiger partial charge >= 0.3 is 0 Å². The Morgan fingerprint density at radius 3 is 3.04 bits per heavy atom. The van der Waals surface area contributed by atoms with Crippen LogP contribution in [0.2, 0.25) is 0 Å². The molecule has 1 saturated heterocycles. The first-order chi connectivity index (χ1) is 13.0. The van der Waals surface area contributed by atoms with Gasteiger partial charge in [0.25, 0.3) is 5.91 Å². The van der Waals surface area contributed by atoms with Gasteiger partial charge in [0.2, 0.25) is 0 Å². The van der Waals surface area contributed by atoms with Crippen LogP contribution in [0, 0.1) is 5.82 Å². The number of halogens is 1. The Hall–Kier alpha value is -2.51. The van der Waals surface area contributed by atoms with Crippen molar-refractivity contribution in [3.8, 4) is 11.1 Å². The van der Waals surface area contributed by atoms with E-state index in [1.165, 1.54) is 23.5 Å². The number of methoxy groups -OCH3 is 1. The van der Waals surface area contributed by atoms with Crippen LogP contribution in [0.1, 0.15) is 23.2 Å². The van der Waals surface area contributed by atoms with Crippen molar-refractivity contribution >= 4 is 32.6 Å². The van der Waals surface area contributed by atoms with Crippen molar-refractivity contribution in [2.45, 2.75) is 18.9 Å². The number of likely N-dealkylation sites (tertiary alicyclic amines) is 1. The van der Waals surface area contributed by atoms with Gasteiger partial charge in [0.05, 0.1) is 16.3 Å². The van der Waals surface area contributed by atoms with E-state index in [2.05, 4.69) is 4.98 Å². The van der Waals surface area contributed by atoms with Crippen molar-refractivity contribution in [2.75, 3.05) is 25.9 Å². The number of hydrogen-bond acceptors (Lipinski definition) is 5. The number of ether oxygens (including phenoxy) is 1. The van der Waals surface area contributed by atoms with E-state index in [-0.39, 0.29) is 17.8 Å². The van der Waals surface area contributed by atoms with E-state index in [4.69, 9.17) is 10.5 Å². The zero-order valence-corrected chi connectivity index (χ0v) is 15.8. The van der Waals surface area contributed by atoms with E-state index in [9.17, 15) is 9.18 Å². The number of fused-ring (bicyclic) bond motifs is 1. The highest BCUT2D eigenvalue weighted by Gasteiger charge is 2.24. The van der Waals surface area contributed by atoms with E-state index >= 15 is 0 Å². The van der Waals surface area contributed by atoms with Crippen molar-refractivity contribution in [3.63, 3.8) is 0 Å². The molecule has 0 radical (unpaired) electrons. The number of nitrogens with two attached hydrogens (primary N) is 1. The lowest BCUT2D eigenvalue weighted by Gasteiger charge is -2.32. The van der Waals surface area contributed by atoms with Crippen LogP contribution in [0.4, 0.5) is 9.52 Å². The monoisotopic (exact) mass is 385 g/mol. The van der Waals surface area contributed by atoms with Gasteiger partial charge in [0.1, 0.15) is 5.82 Å². The fourth-order valence-electron chi connectivity index (χ4n) is 3.55. The van der Waals surface area contributed by atoms with E-state index in [0.717, 1.165) is 24.9 Å². The fraction of sp³-hybridized carbons (Fsp3) is 0.300. The van der Waals surface area contributed by atoms with Crippen LogP contribution in [0.5, 0.6) is 0 Å². The second-order valence-electron chi connectivity index (χ2n) is 6.68. The third kappa shape index (κ3) is 3.52. The maximum absolute atomic E-state index is 14.1. The first kappa shape index (κ1) is 17.9. The van der Waals surface area contributed by atoms with Crippen molar-refractivity contribution in [1.29, 1.82) is 0 Å². The van der Waals surface area contributed by atoms with Gasteiger partial charge in [-0.3, -0.25) is 4.79 Å². The van der Waals surface area contributed by atoms with Crippen LogP contribution >= 0.6 is 11.3 Å². The number of piperidine rings is 1. The van der Waals surface area contributed by atoms with Crippen LogP contribution in [-0.4, -0.2) is 42.1 Å². The molecule has 1 atom stereocenters. The number of carbonyl (C=O) groups excluding carboxylic acids is 1. The highest BCUT2D eigenvalue weighted by Crippen LogP contribution is 2.34. The van der Waals surface area contributed by atoms with Crippen LogP contribution in [0.25, 0.3) is 21.3 Å². The summed E-state index contributed by atoms with van der Waals surface area (Å²) in [6.07, 6.45) is 1.96. The predicted molar refractivity (Wildman–Crippen MR) is 105 cm³/mol. The molecule has 0 bridgehead atoms. The number of aromatic nitrogens is 1. The lowest BCUT2D eigenvalue weighted by atomic mass is 10.0. The minimum Gasteiger partial charge on any atom is -0.380 e. The molecule has 140 valence electrons. The smallest absolute Gasteiger partial charge is 0.253 e. The van der Waals surface area contributed by atoms with E-state index in [0.29, 0.717) is 33.0 Å². The normalized spacial score (nSPS) is 17.4. The lowest BCUT2D eigenvalue weighted by molar-refractivity contribution is 0.0269. The van der Waals surface area contributed by atoms with Gasteiger partial charge in [-0.1, -0.05) is 23.5 Å². The minimum absolute atomic E-state index is 0.0379. The number of benzene rings is 2. The molecule has 7 heteroatoms. The molecule has 1 aliphatic heterocycles. The highest BCUT2D eigenvalue weighted by molar-refractivity contribution is 7.22. The van der Waals surface area contributed by atoms with Gasteiger partial charge in [-0.2, -0.15) is 0 Å². The Morgan fingerprint density at radius 1 is 1.37 bits per heavy atom. The molecule has 1 aliphatic rings. The van der Waals surface area contributed by atoms with E-state index in [1.54, 1.807) is 19.2 Å². The predicted octanol–water partition coefficient (Wildman–Crippen LogP) is 3.94. The number of thiazole rings is 1. The molecule has 0 saturated carbocycles. The Morgan fingerprint density at radius 2 is 2.22 bits per heavy atom. The Bertz CT molecular complexity index is 1000. The number of nitrogens with zero attached hydrogens (tertiary/aromatic N) is 2. The third-order valence-electron chi connectivity index (χ3n) is 4.90. The molecule has 3 aromatic rings. The molecule has 0 spiro atoms. The molecule has 0 aliphatic carbocycles. The maximum atomic E-state index is 14.1. The molecule has 27 heavy (non-hydrogen) atoms. The number of anilines is 1. The number of carbonyl (C=O) groups is 1. The molecular formula is C20H20FN3O2S. The lowest BCUT2D eigenvalue weighted by Crippen LogP contribution is -2.42. The highest BCUT2D eigenvalue weighted by atomic mass is 32.1. The van der Waals surface area contributed by atoms with Crippen LogP contribution in [0.15, 0.2) is 36.4 Å². The second kappa shape index (κ2) is 7.25. The molecule has 1 fully saturated rings. The summed E-state index contributed by atoms with van der Waals surface area (Å²) in [4.78, 5) is 19.1. The summed E-state index contributed by atoms with van der Waals surface area (Å²) in [6.45, 7) is 1.31. The van der Waals surface area contributed by atoms with E-state index < -0.39 is 0 Å². The average molecular weight is 385 g/mol. The topological polar surface area (TPSA) is 68.5 Å². The number of nitrogen functional groups attached to an aromatic ring is 1. The molecule has 4 rings (SSSR count).